The molecule has 170 valence electrons. The van der Waals surface area contributed by atoms with Crippen LogP contribution < -0.4 is 10.6 Å². The number of guanidine groups is 1. The van der Waals surface area contributed by atoms with Crippen LogP contribution in [-0.4, -0.2) is 51.7 Å². The zero-order valence-corrected chi connectivity index (χ0v) is 21.5. The minimum Gasteiger partial charge on any atom is -0.373 e. The van der Waals surface area contributed by atoms with Gasteiger partial charge in [0.25, 0.3) is 0 Å². The highest BCUT2D eigenvalue weighted by Crippen LogP contribution is 2.33. The fourth-order valence-electron chi connectivity index (χ4n) is 4.09. The zero-order chi connectivity index (χ0) is 21.3. The summed E-state index contributed by atoms with van der Waals surface area (Å²) in [6.07, 6.45) is 2.41. The molecule has 0 amide bonds. The molecule has 2 N–H and O–H groups in total. The lowest BCUT2D eigenvalue weighted by atomic mass is 9.89. The van der Waals surface area contributed by atoms with E-state index in [2.05, 4.69) is 96.1 Å². The van der Waals surface area contributed by atoms with Crippen molar-refractivity contribution in [2.45, 2.75) is 31.9 Å². The van der Waals surface area contributed by atoms with Gasteiger partial charge in [0.05, 0.1) is 12.1 Å². The van der Waals surface area contributed by atoms with E-state index < -0.39 is 0 Å². The van der Waals surface area contributed by atoms with E-state index in [0.717, 1.165) is 38.5 Å². The van der Waals surface area contributed by atoms with Crippen LogP contribution in [0, 0.1) is 12.8 Å². The number of aliphatic imine (C=N–C) groups is 1. The van der Waals surface area contributed by atoms with E-state index in [1.54, 1.807) is 0 Å². The molecule has 5 nitrogen and oxygen atoms in total. The van der Waals surface area contributed by atoms with Crippen molar-refractivity contribution in [2.75, 3.05) is 40.8 Å². The molecular formula is C25H37IN4O. The van der Waals surface area contributed by atoms with Crippen molar-refractivity contribution in [3.8, 4) is 0 Å². The number of ether oxygens (including phenoxy) is 1. The molecule has 0 aromatic heterocycles. The number of likely N-dealkylation sites (N-methyl/N-ethyl adjacent to an activating group) is 1. The van der Waals surface area contributed by atoms with Crippen LogP contribution in [0.15, 0.2) is 59.6 Å². The summed E-state index contributed by atoms with van der Waals surface area (Å²) in [7, 11) is 6.06. The van der Waals surface area contributed by atoms with Gasteiger partial charge in [0.2, 0.25) is 0 Å². The Morgan fingerprint density at radius 3 is 2.45 bits per heavy atom. The number of halogens is 1. The maximum absolute atomic E-state index is 6.16. The van der Waals surface area contributed by atoms with Gasteiger partial charge in [0.1, 0.15) is 0 Å². The first-order valence-electron chi connectivity index (χ1n) is 10.9. The average Bonchev–Trinajstić information content (AvgIpc) is 2.77. The predicted octanol–water partition coefficient (Wildman–Crippen LogP) is 4.55. The summed E-state index contributed by atoms with van der Waals surface area (Å²) >= 11 is 0. The number of aryl methyl sites for hydroxylation is 1. The molecule has 0 aliphatic carbocycles. The SMILES string of the molecule is CN=C(NCC1CCCOC1c1ccc(C)cc1)NCC(c1ccccc1)N(C)C.I. The Balaban J connectivity index is 0.00000341. The molecule has 1 heterocycles. The number of hydrogen-bond acceptors (Lipinski definition) is 3. The molecule has 1 aliphatic heterocycles. The standard InChI is InChI=1S/C25H36N4O.HI/c1-19-12-14-21(15-13-19)24-22(11-8-16-30-24)17-27-25(26-2)28-18-23(29(3)4)20-9-6-5-7-10-20;/h5-7,9-10,12-15,22-24H,8,11,16-18H2,1-4H3,(H2,26,27,28);1H. The number of nitrogens with one attached hydrogen (secondary N) is 2. The van der Waals surface area contributed by atoms with Gasteiger partial charge in [-0.25, -0.2) is 0 Å². The molecule has 2 aromatic carbocycles. The Hall–Kier alpha value is -1.64. The summed E-state index contributed by atoms with van der Waals surface area (Å²) in [5.41, 5.74) is 3.85. The van der Waals surface area contributed by atoms with Crippen LogP contribution in [0.2, 0.25) is 0 Å². The molecule has 1 saturated heterocycles. The molecule has 6 heteroatoms. The Bertz CT molecular complexity index is 795. The van der Waals surface area contributed by atoms with Gasteiger partial charge in [-0.05, 0) is 45.0 Å². The maximum Gasteiger partial charge on any atom is 0.191 e. The van der Waals surface area contributed by atoms with Crippen molar-refractivity contribution in [3.05, 3.63) is 71.3 Å². The summed E-state index contributed by atoms with van der Waals surface area (Å²) in [4.78, 5) is 6.68. The summed E-state index contributed by atoms with van der Waals surface area (Å²) in [5.74, 6) is 1.27. The quantitative estimate of drug-likeness (QED) is 0.310. The fraction of sp³-hybridized carbons (Fsp3) is 0.480. The number of hydrogen-bond donors (Lipinski definition) is 2. The highest BCUT2D eigenvalue weighted by atomic mass is 127. The number of rotatable bonds is 7. The smallest absolute Gasteiger partial charge is 0.191 e. The highest BCUT2D eigenvalue weighted by Gasteiger charge is 2.27. The van der Waals surface area contributed by atoms with Gasteiger partial charge in [0, 0.05) is 32.7 Å². The molecule has 0 saturated carbocycles. The third-order valence-electron chi connectivity index (χ3n) is 5.88. The van der Waals surface area contributed by atoms with Gasteiger partial charge in [-0.3, -0.25) is 4.99 Å². The summed E-state index contributed by atoms with van der Waals surface area (Å²) < 4.78 is 6.16. The third kappa shape index (κ3) is 7.47. The molecule has 1 fully saturated rings. The second-order valence-electron chi connectivity index (χ2n) is 8.33. The van der Waals surface area contributed by atoms with Crippen LogP contribution in [0.25, 0.3) is 0 Å². The Morgan fingerprint density at radius 2 is 1.81 bits per heavy atom. The molecule has 1 aliphatic rings. The van der Waals surface area contributed by atoms with E-state index >= 15 is 0 Å². The van der Waals surface area contributed by atoms with Crippen LogP contribution in [0.5, 0.6) is 0 Å². The molecule has 31 heavy (non-hydrogen) atoms. The Labute approximate surface area is 204 Å². The molecule has 0 bridgehead atoms. The van der Waals surface area contributed by atoms with Crippen molar-refractivity contribution >= 4 is 29.9 Å². The second kappa shape index (κ2) is 13.0. The van der Waals surface area contributed by atoms with Gasteiger partial charge in [-0.15, -0.1) is 24.0 Å². The normalized spacial score (nSPS) is 20.1. The molecule has 3 unspecified atom stereocenters. The number of nitrogens with zero attached hydrogens (tertiary/aromatic N) is 2. The first-order chi connectivity index (χ1) is 14.6. The molecule has 3 atom stereocenters. The largest absolute Gasteiger partial charge is 0.373 e. The van der Waals surface area contributed by atoms with Crippen LogP contribution in [0.1, 0.15) is 41.7 Å². The lowest BCUT2D eigenvalue weighted by molar-refractivity contribution is -0.0265. The van der Waals surface area contributed by atoms with Crippen molar-refractivity contribution in [1.82, 2.24) is 15.5 Å². The van der Waals surface area contributed by atoms with E-state index in [9.17, 15) is 0 Å². The molecule has 2 aromatic rings. The van der Waals surface area contributed by atoms with E-state index in [0.29, 0.717) is 5.92 Å². The molecule has 0 spiro atoms. The van der Waals surface area contributed by atoms with Gasteiger partial charge in [-0.1, -0.05) is 60.2 Å². The van der Waals surface area contributed by atoms with E-state index in [4.69, 9.17) is 4.74 Å². The second-order valence-corrected chi connectivity index (χ2v) is 8.33. The summed E-state index contributed by atoms with van der Waals surface area (Å²) in [5, 5.41) is 7.04. The van der Waals surface area contributed by atoms with Crippen LogP contribution in [0.4, 0.5) is 0 Å². The topological polar surface area (TPSA) is 48.9 Å². The van der Waals surface area contributed by atoms with Crippen molar-refractivity contribution < 1.29 is 4.74 Å². The minimum absolute atomic E-state index is 0. The molecular weight excluding hydrogens is 499 g/mol. The first kappa shape index (κ1) is 25.6. The molecule has 0 radical (unpaired) electrons. The van der Waals surface area contributed by atoms with Gasteiger partial charge >= 0.3 is 0 Å². The lowest BCUT2D eigenvalue weighted by Gasteiger charge is -2.33. The van der Waals surface area contributed by atoms with Gasteiger partial charge in [0.15, 0.2) is 5.96 Å². The Kier molecular flexibility index (Phi) is 10.8. The summed E-state index contributed by atoms with van der Waals surface area (Å²) in [6.45, 7) is 4.59. The van der Waals surface area contributed by atoms with Gasteiger partial charge < -0.3 is 20.3 Å². The molecule has 3 rings (SSSR count). The van der Waals surface area contributed by atoms with Crippen molar-refractivity contribution in [3.63, 3.8) is 0 Å². The van der Waals surface area contributed by atoms with Crippen LogP contribution in [-0.2, 0) is 4.74 Å². The zero-order valence-electron chi connectivity index (χ0n) is 19.2. The first-order valence-corrected chi connectivity index (χ1v) is 10.9. The summed E-state index contributed by atoms with van der Waals surface area (Å²) in [6, 6.07) is 19.6. The fourth-order valence-corrected chi connectivity index (χ4v) is 4.09. The van der Waals surface area contributed by atoms with Crippen molar-refractivity contribution in [2.24, 2.45) is 10.9 Å². The Morgan fingerprint density at radius 1 is 1.10 bits per heavy atom. The third-order valence-corrected chi connectivity index (χ3v) is 5.88. The highest BCUT2D eigenvalue weighted by molar-refractivity contribution is 14.0. The van der Waals surface area contributed by atoms with Crippen molar-refractivity contribution in [1.29, 1.82) is 0 Å². The monoisotopic (exact) mass is 536 g/mol. The van der Waals surface area contributed by atoms with Crippen LogP contribution in [0.3, 0.4) is 0 Å². The van der Waals surface area contributed by atoms with Gasteiger partial charge in [-0.2, -0.15) is 0 Å². The lowest BCUT2D eigenvalue weighted by Crippen LogP contribution is -2.44. The van der Waals surface area contributed by atoms with E-state index in [-0.39, 0.29) is 36.1 Å². The maximum atomic E-state index is 6.16. The van der Waals surface area contributed by atoms with Crippen LogP contribution >= 0.6 is 24.0 Å². The van der Waals surface area contributed by atoms with E-state index in [1.165, 1.54) is 16.7 Å². The predicted molar refractivity (Wildman–Crippen MR) is 140 cm³/mol. The average molecular weight is 537 g/mol. The van der Waals surface area contributed by atoms with E-state index in [1.807, 2.05) is 7.05 Å². The minimum atomic E-state index is 0. The number of benzene rings is 2.